The minimum absolute atomic E-state index is 0. The maximum absolute atomic E-state index is 9.11. The molecule has 0 saturated heterocycles. The molecule has 0 atom stereocenters. The average molecular weight is 495 g/mol. The van der Waals surface area contributed by atoms with E-state index in [2.05, 4.69) is 62.5 Å². The Morgan fingerprint density at radius 2 is 1.64 bits per heavy atom. The second kappa shape index (κ2) is 22.1. The number of fused-ring (bicyclic) bond motifs is 3. The average Bonchev–Trinajstić information content (AvgIpc) is 2.88. The maximum Gasteiger partial charge on any atom is -0.0253 e. The molecule has 1 radical (unpaired) electrons. The Morgan fingerprint density at radius 1 is 1.20 bits per heavy atom. The van der Waals surface area contributed by atoms with E-state index in [1.807, 2.05) is 6.07 Å². The van der Waals surface area contributed by atoms with Crippen LogP contribution in [0.15, 0.2) is 42.5 Å². The van der Waals surface area contributed by atoms with E-state index >= 15 is 0 Å². The normalized spacial score (nSPS) is 8.16. The summed E-state index contributed by atoms with van der Waals surface area (Å²) in [5.74, 6) is 0. The van der Waals surface area contributed by atoms with Crippen molar-refractivity contribution in [2.24, 2.45) is 0 Å². The third-order valence-corrected chi connectivity index (χ3v) is 2.62. The van der Waals surface area contributed by atoms with Crippen LogP contribution in [0.1, 0.15) is 11.1 Å². The predicted molar refractivity (Wildman–Crippen MR) is 115 cm³/mol. The molecule has 141 valence electrons. The van der Waals surface area contributed by atoms with Gasteiger partial charge in [-0.25, -0.2) is 0 Å². The summed E-state index contributed by atoms with van der Waals surface area (Å²) in [6.45, 7) is 9.05. The minimum atomic E-state index is -0.992. The largest absolute Gasteiger partial charge is 0.179 e. The number of benzene rings is 2. The van der Waals surface area contributed by atoms with Gasteiger partial charge in [0.05, 0.1) is 0 Å². The summed E-state index contributed by atoms with van der Waals surface area (Å²) in [5, 5.41) is 7.46. The SMILES string of the molecule is C[SiH]C.Cl.Cl.[CH2-]CO.[CH3-].[O]=[Zr]=[SiH2].[c-]1cccc2c1Cc1ccccc1-2. The van der Waals surface area contributed by atoms with Crippen LogP contribution in [-0.2, 0) is 31.1 Å². The van der Waals surface area contributed by atoms with Crippen molar-refractivity contribution < 1.29 is 29.8 Å². The van der Waals surface area contributed by atoms with E-state index in [1.54, 1.807) is 6.88 Å². The Balaban J connectivity index is -0.000000160. The van der Waals surface area contributed by atoms with Gasteiger partial charge in [0.2, 0.25) is 0 Å². The van der Waals surface area contributed by atoms with Gasteiger partial charge in [-0.05, 0) is 6.42 Å². The molecule has 0 bridgehead atoms. The molecule has 25 heavy (non-hydrogen) atoms. The molecule has 0 amide bonds. The maximum atomic E-state index is 9.11. The molecule has 2 aromatic carbocycles. The Kier molecular flexibility index (Phi) is 29.0. The number of aliphatic hydroxyl groups is 1. The fraction of sp³-hybridized carbons (Fsp3) is 0.222. The van der Waals surface area contributed by atoms with Gasteiger partial charge in [-0.3, -0.25) is 0 Å². The first-order valence-electron chi connectivity index (χ1n) is 7.06. The second-order valence-corrected chi connectivity index (χ2v) is 7.91. The van der Waals surface area contributed by atoms with E-state index in [1.165, 1.54) is 22.3 Å². The molecular weight excluding hydrogens is 466 g/mol. The summed E-state index contributed by atoms with van der Waals surface area (Å²) in [4.78, 5) is 0. The zero-order chi connectivity index (χ0) is 16.8. The van der Waals surface area contributed by atoms with Crippen LogP contribution in [0, 0.1) is 20.4 Å². The van der Waals surface area contributed by atoms with E-state index in [9.17, 15) is 0 Å². The first kappa shape index (κ1) is 32.7. The van der Waals surface area contributed by atoms with Crippen LogP contribution < -0.4 is 0 Å². The van der Waals surface area contributed by atoms with Crippen molar-refractivity contribution in [2.75, 3.05) is 6.61 Å². The van der Waals surface area contributed by atoms with E-state index in [0.29, 0.717) is 0 Å². The van der Waals surface area contributed by atoms with Crippen molar-refractivity contribution in [1.29, 1.82) is 0 Å². The Morgan fingerprint density at radius 3 is 2.16 bits per heavy atom. The van der Waals surface area contributed by atoms with Gasteiger partial charge in [0.25, 0.3) is 0 Å². The van der Waals surface area contributed by atoms with E-state index in [0.717, 1.165) is 15.9 Å². The zero-order valence-electron chi connectivity index (χ0n) is 15.1. The van der Waals surface area contributed by atoms with Crippen molar-refractivity contribution in [1.82, 2.24) is 0 Å². The van der Waals surface area contributed by atoms with Crippen molar-refractivity contribution in [2.45, 2.75) is 19.5 Å². The van der Waals surface area contributed by atoms with Gasteiger partial charge < -0.3 is 19.5 Å². The summed E-state index contributed by atoms with van der Waals surface area (Å²) in [5.41, 5.74) is 5.51. The van der Waals surface area contributed by atoms with Gasteiger partial charge in [-0.2, -0.15) is 29.8 Å². The van der Waals surface area contributed by atoms with Gasteiger partial charge in [0, 0.05) is 9.52 Å². The van der Waals surface area contributed by atoms with Gasteiger partial charge in [-0.1, -0.05) is 55.1 Å². The van der Waals surface area contributed by atoms with Crippen molar-refractivity contribution in [3.63, 3.8) is 0 Å². The molecule has 3 rings (SSSR count). The van der Waals surface area contributed by atoms with Crippen molar-refractivity contribution >= 4 is 41.2 Å². The third-order valence-electron chi connectivity index (χ3n) is 2.62. The number of hydrogen-bond acceptors (Lipinski definition) is 2. The molecule has 0 spiro atoms. The van der Waals surface area contributed by atoms with Gasteiger partial charge >= 0.3 is 31.5 Å². The first-order valence-corrected chi connectivity index (χ1v) is 16.3. The third kappa shape index (κ3) is 13.0. The molecule has 1 aliphatic carbocycles. The van der Waals surface area contributed by atoms with Gasteiger partial charge in [0.1, 0.15) is 0 Å². The smallest absolute Gasteiger partial charge is 0.0253 e. The molecule has 1 N–H and O–H groups in total. The van der Waals surface area contributed by atoms with E-state index in [-0.39, 0.29) is 38.8 Å². The summed E-state index contributed by atoms with van der Waals surface area (Å²) < 4.78 is 9.11. The molecule has 0 heterocycles. The topological polar surface area (TPSA) is 37.3 Å². The molecule has 0 aliphatic heterocycles. The standard InChI is InChI=1S/C13H9.C2H5O.C2H7Si.CH3.2ClH.O.H2Si.Zr/c1-3-7-12-10(5-1)9-11-6-2-4-8-13(11)12;1-2-3;1-3-2;;;;;;/h1-5,7-8H,9H2;3H,1-2H2;3H,1-2H3;1H3;2*1H;;1H2;/q2*-1;;-1;;;;;. The van der Waals surface area contributed by atoms with Crippen molar-refractivity contribution in [3.8, 4) is 11.1 Å². The Labute approximate surface area is 181 Å². The van der Waals surface area contributed by atoms with Crippen LogP contribution in [0.2, 0.25) is 13.1 Å². The molecule has 0 saturated carbocycles. The van der Waals surface area contributed by atoms with Crippen LogP contribution in [0.5, 0.6) is 0 Å². The van der Waals surface area contributed by atoms with Gasteiger partial charge in [-0.15, -0.1) is 30.4 Å². The molecule has 2 nitrogen and oxygen atoms in total. The Bertz CT molecular complexity index is 547. The second-order valence-electron chi connectivity index (χ2n) is 4.34. The van der Waals surface area contributed by atoms with Crippen LogP contribution in [0.3, 0.4) is 0 Å². The molecule has 0 unspecified atom stereocenters. The van der Waals surface area contributed by atoms with E-state index < -0.39 is 21.9 Å². The van der Waals surface area contributed by atoms with Crippen LogP contribution in [-0.4, -0.2) is 28.1 Å². The number of halogens is 2. The predicted octanol–water partition coefficient (Wildman–Crippen LogP) is 3.65. The Hall–Kier alpha value is 0.0969. The summed E-state index contributed by atoms with van der Waals surface area (Å²) in [6, 6.07) is 18.1. The van der Waals surface area contributed by atoms with Gasteiger partial charge in [0.15, 0.2) is 0 Å². The summed E-state index contributed by atoms with van der Waals surface area (Å²) in [7, 11) is 0.750. The van der Waals surface area contributed by atoms with Crippen LogP contribution in [0.4, 0.5) is 0 Å². The quantitative estimate of drug-likeness (QED) is 0.383. The number of hydrogen-bond donors (Lipinski definition) is 1. The molecule has 0 fully saturated rings. The van der Waals surface area contributed by atoms with E-state index in [4.69, 9.17) is 7.92 Å². The molecule has 0 aromatic heterocycles. The summed E-state index contributed by atoms with van der Waals surface area (Å²) in [6.07, 6.45) is 1.05. The number of aliphatic hydroxyl groups excluding tert-OH is 1. The van der Waals surface area contributed by atoms with Crippen LogP contribution in [0.25, 0.3) is 11.1 Å². The first-order chi connectivity index (χ1) is 10.7. The minimum Gasteiger partial charge on any atom is -0.179 e. The zero-order valence-corrected chi connectivity index (χ0v) is 21.8. The monoisotopic (exact) mass is 492 g/mol. The molecule has 7 heteroatoms. The number of rotatable bonds is 0. The molecule has 1 aliphatic rings. The molecular formula is C18H28Cl2O2Si2Zr-3. The fourth-order valence-corrected chi connectivity index (χ4v) is 2.00. The van der Waals surface area contributed by atoms with Crippen LogP contribution >= 0.6 is 24.8 Å². The summed E-state index contributed by atoms with van der Waals surface area (Å²) >= 11 is -0.992. The van der Waals surface area contributed by atoms with Crippen molar-refractivity contribution in [3.05, 3.63) is 74.0 Å². The molecule has 2 aromatic rings. The fourth-order valence-electron chi connectivity index (χ4n) is 2.00.